The highest BCUT2D eigenvalue weighted by Gasteiger charge is 2.22. The molecule has 104 valence electrons. The van der Waals surface area contributed by atoms with Gasteiger partial charge in [0, 0.05) is 6.54 Å². The summed E-state index contributed by atoms with van der Waals surface area (Å²) >= 11 is 0. The van der Waals surface area contributed by atoms with Gasteiger partial charge in [0.05, 0.1) is 12.1 Å². The maximum Gasteiger partial charge on any atom is 0.240 e. The molecule has 0 saturated heterocycles. The van der Waals surface area contributed by atoms with E-state index in [0.29, 0.717) is 24.2 Å². The van der Waals surface area contributed by atoms with E-state index < -0.39 is 5.54 Å². The molecule has 0 fully saturated rings. The fourth-order valence-electron chi connectivity index (χ4n) is 1.65. The molecule has 0 aliphatic rings. The van der Waals surface area contributed by atoms with Crippen molar-refractivity contribution in [2.75, 3.05) is 13.1 Å². The van der Waals surface area contributed by atoms with Crippen molar-refractivity contribution in [2.24, 2.45) is 11.7 Å². The van der Waals surface area contributed by atoms with E-state index in [0.717, 1.165) is 13.1 Å². The van der Waals surface area contributed by atoms with Crippen LogP contribution in [0, 0.1) is 5.92 Å². The molecule has 1 rings (SSSR count). The Morgan fingerprint density at radius 1 is 1.39 bits per heavy atom. The lowest BCUT2D eigenvalue weighted by Crippen LogP contribution is -2.30. The predicted octanol–water partition coefficient (Wildman–Crippen LogP) is 2.13. The van der Waals surface area contributed by atoms with Gasteiger partial charge in [0.1, 0.15) is 0 Å². The first-order chi connectivity index (χ1) is 8.36. The number of rotatable bonds is 7. The van der Waals surface area contributed by atoms with Crippen molar-refractivity contribution in [1.29, 1.82) is 0 Å². The molecule has 18 heavy (non-hydrogen) atoms. The van der Waals surface area contributed by atoms with Crippen molar-refractivity contribution in [2.45, 2.75) is 53.1 Å². The van der Waals surface area contributed by atoms with Gasteiger partial charge in [-0.05, 0) is 26.3 Å². The van der Waals surface area contributed by atoms with Gasteiger partial charge in [-0.2, -0.15) is 4.98 Å². The van der Waals surface area contributed by atoms with Crippen LogP contribution in [0.2, 0.25) is 0 Å². The number of hydrogen-bond donors (Lipinski definition) is 1. The van der Waals surface area contributed by atoms with Crippen molar-refractivity contribution < 1.29 is 4.52 Å². The Morgan fingerprint density at radius 3 is 2.50 bits per heavy atom. The van der Waals surface area contributed by atoms with Gasteiger partial charge < -0.3 is 10.3 Å². The van der Waals surface area contributed by atoms with Crippen LogP contribution >= 0.6 is 0 Å². The fraction of sp³-hybridized carbons (Fsp3) is 0.846. The second kappa shape index (κ2) is 6.29. The lowest BCUT2D eigenvalue weighted by molar-refractivity contribution is 0.207. The van der Waals surface area contributed by atoms with E-state index in [1.54, 1.807) is 0 Å². The largest absolute Gasteiger partial charge is 0.338 e. The number of hydrogen-bond acceptors (Lipinski definition) is 5. The Balaban J connectivity index is 2.62. The average molecular weight is 254 g/mol. The first kappa shape index (κ1) is 15.1. The van der Waals surface area contributed by atoms with Gasteiger partial charge in [-0.3, -0.25) is 4.90 Å². The normalized spacial score (nSPS) is 14.2. The maximum absolute atomic E-state index is 5.94. The van der Waals surface area contributed by atoms with E-state index >= 15 is 0 Å². The summed E-state index contributed by atoms with van der Waals surface area (Å²) in [6, 6.07) is 0. The van der Waals surface area contributed by atoms with Gasteiger partial charge in [-0.1, -0.05) is 32.3 Å². The van der Waals surface area contributed by atoms with Crippen LogP contribution < -0.4 is 5.73 Å². The van der Waals surface area contributed by atoms with Crippen molar-refractivity contribution in [3.05, 3.63) is 11.7 Å². The maximum atomic E-state index is 5.94. The molecule has 5 nitrogen and oxygen atoms in total. The highest BCUT2D eigenvalue weighted by atomic mass is 16.5. The summed E-state index contributed by atoms with van der Waals surface area (Å²) in [5, 5.41) is 3.94. The standard InChI is InChI=1S/C13H26N4O/c1-6-10(3)8-17(7-2)9-11-15-12(16-18-11)13(4,5)14/h10H,6-9,14H2,1-5H3. The molecular formula is C13H26N4O. The molecule has 2 N–H and O–H groups in total. The minimum absolute atomic E-state index is 0.546. The Morgan fingerprint density at radius 2 is 2.06 bits per heavy atom. The van der Waals surface area contributed by atoms with E-state index in [2.05, 4.69) is 35.8 Å². The zero-order chi connectivity index (χ0) is 13.8. The lowest BCUT2D eigenvalue weighted by atomic mass is 10.1. The third-order valence-corrected chi connectivity index (χ3v) is 3.12. The monoisotopic (exact) mass is 254 g/mol. The molecule has 1 aromatic rings. The van der Waals surface area contributed by atoms with Gasteiger partial charge in [0.15, 0.2) is 5.82 Å². The zero-order valence-electron chi connectivity index (χ0n) is 12.2. The molecule has 1 aromatic heterocycles. The van der Waals surface area contributed by atoms with E-state index in [1.807, 2.05) is 13.8 Å². The third-order valence-electron chi connectivity index (χ3n) is 3.12. The average Bonchev–Trinajstić information content (AvgIpc) is 2.76. The van der Waals surface area contributed by atoms with Crippen LogP contribution in [0.1, 0.15) is 52.8 Å². The summed E-state index contributed by atoms with van der Waals surface area (Å²) in [7, 11) is 0. The SMILES string of the molecule is CCC(C)CN(CC)Cc1nc(C(C)(C)N)no1. The first-order valence-electron chi connectivity index (χ1n) is 6.71. The van der Waals surface area contributed by atoms with Crippen molar-refractivity contribution >= 4 is 0 Å². The molecule has 0 aliphatic carbocycles. The lowest BCUT2D eigenvalue weighted by Gasteiger charge is -2.21. The molecule has 1 unspecified atom stereocenters. The summed E-state index contributed by atoms with van der Waals surface area (Å²) < 4.78 is 5.26. The smallest absolute Gasteiger partial charge is 0.240 e. The quantitative estimate of drug-likeness (QED) is 0.807. The Hall–Kier alpha value is -0.940. The zero-order valence-corrected chi connectivity index (χ0v) is 12.2. The molecular weight excluding hydrogens is 228 g/mol. The summed E-state index contributed by atoms with van der Waals surface area (Å²) in [5.74, 6) is 1.89. The summed E-state index contributed by atoms with van der Waals surface area (Å²) in [4.78, 5) is 6.67. The Labute approximate surface area is 110 Å². The summed E-state index contributed by atoms with van der Waals surface area (Å²) in [5.41, 5.74) is 5.39. The molecule has 1 atom stereocenters. The predicted molar refractivity (Wildman–Crippen MR) is 71.9 cm³/mol. The minimum Gasteiger partial charge on any atom is -0.338 e. The van der Waals surface area contributed by atoms with Crippen molar-refractivity contribution in [3.8, 4) is 0 Å². The van der Waals surface area contributed by atoms with Gasteiger partial charge in [-0.15, -0.1) is 0 Å². The second-order valence-corrected chi connectivity index (χ2v) is 5.57. The van der Waals surface area contributed by atoms with Crippen LogP contribution in [-0.2, 0) is 12.1 Å². The van der Waals surface area contributed by atoms with Crippen LogP contribution in [0.25, 0.3) is 0 Å². The third kappa shape index (κ3) is 4.38. The molecule has 1 heterocycles. The van der Waals surface area contributed by atoms with Crippen LogP contribution in [0.3, 0.4) is 0 Å². The van der Waals surface area contributed by atoms with Gasteiger partial charge >= 0.3 is 0 Å². The molecule has 0 saturated carbocycles. The highest BCUT2D eigenvalue weighted by Crippen LogP contribution is 2.14. The van der Waals surface area contributed by atoms with Crippen molar-refractivity contribution in [1.82, 2.24) is 15.0 Å². The molecule has 5 heteroatoms. The van der Waals surface area contributed by atoms with Crippen LogP contribution in [-0.4, -0.2) is 28.1 Å². The molecule has 0 amide bonds. The topological polar surface area (TPSA) is 68.2 Å². The van der Waals surface area contributed by atoms with Gasteiger partial charge in [0.25, 0.3) is 0 Å². The van der Waals surface area contributed by atoms with E-state index in [1.165, 1.54) is 6.42 Å². The van der Waals surface area contributed by atoms with E-state index in [-0.39, 0.29) is 0 Å². The van der Waals surface area contributed by atoms with Gasteiger partial charge in [0.2, 0.25) is 5.89 Å². The molecule has 0 aliphatic heterocycles. The van der Waals surface area contributed by atoms with Crippen LogP contribution in [0.4, 0.5) is 0 Å². The minimum atomic E-state index is -0.546. The fourth-order valence-corrected chi connectivity index (χ4v) is 1.65. The first-order valence-corrected chi connectivity index (χ1v) is 6.71. The van der Waals surface area contributed by atoms with Gasteiger partial charge in [-0.25, -0.2) is 0 Å². The molecule has 0 bridgehead atoms. The summed E-state index contributed by atoms with van der Waals surface area (Å²) in [6.07, 6.45) is 1.18. The highest BCUT2D eigenvalue weighted by molar-refractivity contribution is 4.98. The molecule has 0 radical (unpaired) electrons. The van der Waals surface area contributed by atoms with Crippen LogP contribution in [0.5, 0.6) is 0 Å². The molecule has 0 aromatic carbocycles. The summed E-state index contributed by atoms with van der Waals surface area (Å²) in [6.45, 7) is 13.1. The number of nitrogens with zero attached hydrogens (tertiary/aromatic N) is 3. The second-order valence-electron chi connectivity index (χ2n) is 5.57. The Kier molecular flexibility index (Phi) is 5.28. The van der Waals surface area contributed by atoms with Crippen molar-refractivity contribution in [3.63, 3.8) is 0 Å². The van der Waals surface area contributed by atoms with E-state index in [4.69, 9.17) is 10.3 Å². The molecule has 0 spiro atoms. The Bertz CT molecular complexity index is 356. The van der Waals surface area contributed by atoms with Crippen LogP contribution in [0.15, 0.2) is 4.52 Å². The van der Waals surface area contributed by atoms with E-state index in [9.17, 15) is 0 Å². The number of nitrogens with two attached hydrogens (primary N) is 1. The number of aromatic nitrogens is 2.